The topological polar surface area (TPSA) is 108 Å². The fraction of sp³-hybridized carbons (Fsp3) is 0.657. The number of rotatable bonds is 54. The fourth-order valence-corrected chi connectivity index (χ4v) is 7.86. The van der Waals surface area contributed by atoms with Crippen molar-refractivity contribution < 1.29 is 42.9 Å². The van der Waals surface area contributed by atoms with Gasteiger partial charge in [0.05, 0.1) is 34.4 Å². The Balaban J connectivity index is 4.16. The van der Waals surface area contributed by atoms with Gasteiger partial charge in [0.1, 0.15) is 13.2 Å². The summed E-state index contributed by atoms with van der Waals surface area (Å²) in [6.45, 7) is 4.74. The minimum absolute atomic E-state index is 0.182. The fourth-order valence-electron chi connectivity index (χ4n) is 7.86. The molecular weight excluding hydrogens is 947 g/mol. The summed E-state index contributed by atoms with van der Waals surface area (Å²) in [5, 5.41) is 9.68. The van der Waals surface area contributed by atoms with Crippen molar-refractivity contribution in [2.75, 3.05) is 47.5 Å². The molecule has 0 fully saturated rings. The summed E-state index contributed by atoms with van der Waals surface area (Å²) in [6, 6.07) is 0. The van der Waals surface area contributed by atoms with E-state index in [1.54, 1.807) is 0 Å². The van der Waals surface area contributed by atoms with Crippen molar-refractivity contribution in [3.05, 3.63) is 122 Å². The van der Waals surface area contributed by atoms with Gasteiger partial charge >= 0.3 is 17.9 Å². The van der Waals surface area contributed by atoms with E-state index in [1.165, 1.54) is 83.5 Å². The summed E-state index contributed by atoms with van der Waals surface area (Å²) >= 11 is 0. The number of hydrogen-bond donors (Lipinski definition) is 1. The largest absolute Gasteiger partial charge is 0.477 e. The summed E-state index contributed by atoms with van der Waals surface area (Å²) in [5.74, 6) is -2.02. The third-order valence-electron chi connectivity index (χ3n) is 12.5. The van der Waals surface area contributed by atoms with Crippen molar-refractivity contribution >= 4 is 17.9 Å². The number of unbranched alkanes of at least 4 members (excludes halogenated alkanes) is 19. The van der Waals surface area contributed by atoms with Crippen molar-refractivity contribution in [3.63, 3.8) is 0 Å². The van der Waals surface area contributed by atoms with Gasteiger partial charge in [0.2, 0.25) is 0 Å². The number of quaternary nitrogens is 1. The quantitative estimate of drug-likeness (QED) is 0.0211. The molecule has 0 aromatic rings. The zero-order chi connectivity index (χ0) is 55.5. The molecule has 0 amide bonds. The lowest BCUT2D eigenvalue weighted by Crippen LogP contribution is -2.40. The first kappa shape index (κ1) is 71.7. The Morgan fingerprint density at radius 1 is 0.408 bits per heavy atom. The second-order valence-electron chi connectivity index (χ2n) is 20.9. The van der Waals surface area contributed by atoms with Crippen LogP contribution in [0.3, 0.4) is 0 Å². The van der Waals surface area contributed by atoms with Crippen molar-refractivity contribution in [2.45, 2.75) is 238 Å². The highest BCUT2D eigenvalue weighted by Gasteiger charge is 2.25. The maximum atomic E-state index is 12.9. The number of ether oxygens (including phenoxy) is 4. The monoisotopic (exact) mass is 1060 g/mol. The Hall–Kier alpha value is -4.31. The van der Waals surface area contributed by atoms with Crippen LogP contribution in [-0.2, 0) is 33.3 Å². The summed E-state index contributed by atoms with van der Waals surface area (Å²) < 4.78 is 22.8. The Bertz CT molecular complexity index is 1660. The average molecular weight is 1060 g/mol. The van der Waals surface area contributed by atoms with Crippen molar-refractivity contribution in [3.8, 4) is 0 Å². The van der Waals surface area contributed by atoms with Gasteiger partial charge in [-0.05, 0) is 89.9 Å². The number of carbonyl (C=O) groups is 3. The number of allylic oxidation sites excluding steroid dienone is 20. The third kappa shape index (κ3) is 57.4. The maximum absolute atomic E-state index is 12.9. The first-order valence-electron chi connectivity index (χ1n) is 30.2. The molecule has 0 heterocycles. The highest BCUT2D eigenvalue weighted by Crippen LogP contribution is 2.15. The molecule has 9 heteroatoms. The number of carboxylic acids is 1. The van der Waals surface area contributed by atoms with Crippen LogP contribution >= 0.6 is 0 Å². The average Bonchev–Trinajstić information content (AvgIpc) is 3.39. The van der Waals surface area contributed by atoms with Gasteiger partial charge in [-0.2, -0.15) is 0 Å². The molecule has 0 bridgehead atoms. The predicted molar refractivity (Wildman–Crippen MR) is 322 cm³/mol. The van der Waals surface area contributed by atoms with E-state index in [0.717, 1.165) is 109 Å². The molecule has 76 heavy (non-hydrogen) atoms. The van der Waals surface area contributed by atoms with Gasteiger partial charge in [-0.25, -0.2) is 4.79 Å². The smallest absolute Gasteiger partial charge is 0.361 e. The lowest BCUT2D eigenvalue weighted by Gasteiger charge is -2.25. The standard InChI is InChI=1S/C67H111NO8/c1-6-8-10-12-14-16-18-20-21-22-23-24-25-26-27-28-29-30-31-32-33-34-35-36-37-38-39-40-41-42-43-44-45-46-48-50-52-54-56-58-65(70)76-63(62-75-67(66(71)72)73-60-59-68(3,4)5)61-74-64(69)57-55-53-51-49-47-19-17-15-13-11-9-7-2/h8,10,14,16,20-21,23-24,26-27,29-30,32-33,35-36,38-39,41-42,63,67H,6-7,9,11-13,15,17-19,22,25,28,31,34,37,40,43-62H2,1-5H3/p+1/b10-8-,16-14-,21-20-,24-23-,27-26-,30-29-,33-32-,36-35-,39-38-,42-41-. The number of carbonyl (C=O) groups excluding carboxylic acids is 2. The molecule has 0 aliphatic carbocycles. The minimum Gasteiger partial charge on any atom is -0.477 e. The molecule has 432 valence electrons. The SMILES string of the molecule is CC/C=C\C/C=C\C/C=C\C/C=C\C/C=C\C/C=C\C/C=C\C/C=C\C/C=C\C/C=C\CCCCCCCCCCC(=O)OC(COC(=O)CCCCCCCCCCCCCC)COC(OCC[N+](C)(C)C)C(=O)O. The number of nitrogens with zero attached hydrogens (tertiary/aromatic N) is 1. The number of carboxylic acid groups (broad SMARTS) is 1. The van der Waals surface area contributed by atoms with Crippen LogP contribution < -0.4 is 0 Å². The number of likely N-dealkylation sites (N-methyl/N-ethyl adjacent to an activating group) is 1. The molecule has 0 aromatic carbocycles. The van der Waals surface area contributed by atoms with Crippen LogP contribution in [0, 0.1) is 0 Å². The predicted octanol–water partition coefficient (Wildman–Crippen LogP) is 18.1. The first-order valence-corrected chi connectivity index (χ1v) is 30.2. The summed E-state index contributed by atoms with van der Waals surface area (Å²) in [4.78, 5) is 37.3. The van der Waals surface area contributed by atoms with Gasteiger partial charge in [0.15, 0.2) is 6.10 Å². The zero-order valence-electron chi connectivity index (χ0n) is 49.1. The van der Waals surface area contributed by atoms with Crippen LogP contribution in [0.2, 0.25) is 0 Å². The molecule has 0 aliphatic rings. The number of esters is 2. The molecule has 0 rings (SSSR count). The third-order valence-corrected chi connectivity index (χ3v) is 12.5. The van der Waals surface area contributed by atoms with Crippen LogP contribution in [0.4, 0.5) is 0 Å². The van der Waals surface area contributed by atoms with Gasteiger partial charge < -0.3 is 28.5 Å². The van der Waals surface area contributed by atoms with Gasteiger partial charge in [-0.1, -0.05) is 245 Å². The van der Waals surface area contributed by atoms with Crippen LogP contribution in [-0.4, -0.2) is 87.4 Å². The number of aliphatic carboxylic acids is 1. The molecule has 0 spiro atoms. The lowest BCUT2D eigenvalue weighted by molar-refractivity contribution is -0.870. The molecule has 1 N–H and O–H groups in total. The van der Waals surface area contributed by atoms with Crippen molar-refractivity contribution in [1.82, 2.24) is 0 Å². The second kappa shape index (κ2) is 56.9. The van der Waals surface area contributed by atoms with E-state index in [4.69, 9.17) is 18.9 Å². The molecule has 2 atom stereocenters. The molecule has 0 saturated carbocycles. The summed E-state index contributed by atoms with van der Waals surface area (Å²) in [6.07, 6.45) is 77.2. The van der Waals surface area contributed by atoms with Gasteiger partial charge in [-0.15, -0.1) is 0 Å². The van der Waals surface area contributed by atoms with E-state index in [9.17, 15) is 19.5 Å². The van der Waals surface area contributed by atoms with Crippen LogP contribution in [0.25, 0.3) is 0 Å². The molecule has 0 saturated heterocycles. The van der Waals surface area contributed by atoms with E-state index < -0.39 is 24.3 Å². The highest BCUT2D eigenvalue weighted by molar-refractivity contribution is 5.71. The minimum atomic E-state index is -1.52. The van der Waals surface area contributed by atoms with Crippen molar-refractivity contribution in [2.24, 2.45) is 0 Å². The Labute approximate surface area is 466 Å². The van der Waals surface area contributed by atoms with Crippen LogP contribution in [0.1, 0.15) is 226 Å². The van der Waals surface area contributed by atoms with Crippen LogP contribution in [0.5, 0.6) is 0 Å². The van der Waals surface area contributed by atoms with Gasteiger partial charge in [0.25, 0.3) is 6.29 Å². The van der Waals surface area contributed by atoms with Gasteiger partial charge in [0, 0.05) is 12.8 Å². The maximum Gasteiger partial charge on any atom is 0.361 e. The Kier molecular flexibility index (Phi) is 53.7. The molecule has 0 radical (unpaired) electrons. The Morgan fingerprint density at radius 3 is 1.12 bits per heavy atom. The molecule has 9 nitrogen and oxygen atoms in total. The molecular formula is C67H112NO8+. The lowest BCUT2D eigenvalue weighted by atomic mass is 10.0. The van der Waals surface area contributed by atoms with E-state index >= 15 is 0 Å². The van der Waals surface area contributed by atoms with E-state index in [1.807, 2.05) is 21.1 Å². The molecule has 2 unspecified atom stereocenters. The molecule has 0 aromatic heterocycles. The van der Waals surface area contributed by atoms with Crippen molar-refractivity contribution in [1.29, 1.82) is 0 Å². The van der Waals surface area contributed by atoms with E-state index in [-0.39, 0.29) is 32.2 Å². The molecule has 0 aliphatic heterocycles. The van der Waals surface area contributed by atoms with Crippen LogP contribution in [0.15, 0.2) is 122 Å². The summed E-state index contributed by atoms with van der Waals surface area (Å²) in [7, 11) is 5.96. The Morgan fingerprint density at radius 2 is 0.750 bits per heavy atom. The summed E-state index contributed by atoms with van der Waals surface area (Å²) in [5.41, 5.74) is 0. The highest BCUT2D eigenvalue weighted by atomic mass is 16.7. The first-order chi connectivity index (χ1) is 37.1. The zero-order valence-corrected chi connectivity index (χ0v) is 49.1. The van der Waals surface area contributed by atoms with E-state index in [0.29, 0.717) is 23.9 Å². The van der Waals surface area contributed by atoms with Gasteiger partial charge in [-0.3, -0.25) is 9.59 Å². The van der Waals surface area contributed by atoms with E-state index in [2.05, 4.69) is 135 Å². The number of hydrogen-bond acceptors (Lipinski definition) is 7. The second-order valence-corrected chi connectivity index (χ2v) is 20.9. The normalized spacial score (nSPS) is 13.6.